The van der Waals surface area contributed by atoms with Crippen LogP contribution in [-0.2, 0) is 0 Å². The van der Waals surface area contributed by atoms with Gasteiger partial charge in [0.15, 0.2) is 0 Å². The summed E-state index contributed by atoms with van der Waals surface area (Å²) in [6.45, 7) is 5.90. The first-order chi connectivity index (χ1) is 6.76. The Morgan fingerprint density at radius 1 is 1.57 bits per heavy atom. The van der Waals surface area contributed by atoms with Crippen molar-refractivity contribution >= 4 is 0 Å². The summed E-state index contributed by atoms with van der Waals surface area (Å²) in [7, 11) is 0. The molecule has 0 spiro atoms. The monoisotopic (exact) mass is 192 g/mol. The van der Waals surface area contributed by atoms with Crippen LogP contribution in [0.15, 0.2) is 24.8 Å². The zero-order valence-corrected chi connectivity index (χ0v) is 8.95. The summed E-state index contributed by atoms with van der Waals surface area (Å²) in [4.78, 5) is 0. The predicted octanol–water partition coefficient (Wildman–Crippen LogP) is 2.78. The largest absolute Gasteiger partial charge is 0.327 e. The van der Waals surface area contributed by atoms with Crippen LogP contribution >= 0.6 is 0 Å². The van der Waals surface area contributed by atoms with Crippen LogP contribution in [0.3, 0.4) is 0 Å². The molecule has 2 N–H and O–H groups in total. The van der Waals surface area contributed by atoms with E-state index in [2.05, 4.69) is 13.5 Å². The van der Waals surface area contributed by atoms with Crippen LogP contribution in [0.5, 0.6) is 0 Å². The smallest absolute Gasteiger partial charge is 0.0908 e. The Morgan fingerprint density at radius 2 is 2.29 bits per heavy atom. The molecule has 0 bridgehead atoms. The van der Waals surface area contributed by atoms with E-state index in [1.807, 2.05) is 18.2 Å². The van der Waals surface area contributed by atoms with Crippen LogP contribution in [0, 0.1) is 17.2 Å². The number of nitrogens with two attached hydrogens (primary N) is 1. The molecular weight excluding hydrogens is 172 g/mol. The van der Waals surface area contributed by atoms with E-state index < -0.39 is 0 Å². The van der Waals surface area contributed by atoms with Crippen LogP contribution in [0.25, 0.3) is 0 Å². The molecule has 2 atom stereocenters. The quantitative estimate of drug-likeness (QED) is 0.383. The molecule has 0 fully saturated rings. The third-order valence-electron chi connectivity index (χ3n) is 2.42. The zero-order valence-electron chi connectivity index (χ0n) is 8.95. The number of nitrogens with zero attached hydrogens (tertiary/aromatic N) is 1. The standard InChI is InChI=1S/C12H20N2/c1-3-11(4-2)12(14)9-7-5-6-8-10-13/h3,6,8,11-12H,1,4-5,7,9,14H2,2H3/b8-6+. The van der Waals surface area contributed by atoms with Crippen LogP contribution in [0.1, 0.15) is 32.6 Å². The average molecular weight is 192 g/mol. The first-order valence-corrected chi connectivity index (χ1v) is 5.19. The lowest BCUT2D eigenvalue weighted by atomic mass is 9.93. The predicted molar refractivity (Wildman–Crippen MR) is 60.6 cm³/mol. The fourth-order valence-corrected chi connectivity index (χ4v) is 1.47. The second-order valence-electron chi connectivity index (χ2n) is 3.43. The molecule has 0 amide bonds. The minimum absolute atomic E-state index is 0.216. The maximum atomic E-state index is 8.26. The van der Waals surface area contributed by atoms with Crippen molar-refractivity contribution in [3.05, 3.63) is 24.8 Å². The first-order valence-electron chi connectivity index (χ1n) is 5.19. The summed E-state index contributed by atoms with van der Waals surface area (Å²) in [6.07, 6.45) is 9.39. The van der Waals surface area contributed by atoms with Crippen molar-refractivity contribution < 1.29 is 0 Å². The Bertz CT molecular complexity index is 213. The highest BCUT2D eigenvalue weighted by molar-refractivity contribution is 5.01. The number of allylic oxidation sites excluding steroid dienone is 2. The van der Waals surface area contributed by atoms with Gasteiger partial charge < -0.3 is 5.73 Å². The van der Waals surface area contributed by atoms with Gasteiger partial charge in [0.25, 0.3) is 0 Å². The highest BCUT2D eigenvalue weighted by Gasteiger charge is 2.10. The molecular formula is C12H20N2. The number of hydrogen-bond donors (Lipinski definition) is 1. The van der Waals surface area contributed by atoms with E-state index >= 15 is 0 Å². The topological polar surface area (TPSA) is 49.8 Å². The Hall–Kier alpha value is -1.07. The van der Waals surface area contributed by atoms with E-state index in [4.69, 9.17) is 11.0 Å². The molecule has 0 aromatic heterocycles. The zero-order chi connectivity index (χ0) is 10.8. The molecule has 2 nitrogen and oxygen atoms in total. The summed E-state index contributed by atoms with van der Waals surface area (Å²) in [5.41, 5.74) is 5.99. The Labute approximate surface area is 87.1 Å². The van der Waals surface area contributed by atoms with E-state index in [1.165, 1.54) is 6.08 Å². The average Bonchev–Trinajstić information content (AvgIpc) is 2.19. The first kappa shape index (κ1) is 12.9. The third-order valence-corrected chi connectivity index (χ3v) is 2.42. The molecule has 0 rings (SSSR count). The van der Waals surface area contributed by atoms with Crippen LogP contribution in [-0.4, -0.2) is 6.04 Å². The van der Waals surface area contributed by atoms with Crippen molar-refractivity contribution in [2.45, 2.75) is 38.6 Å². The van der Waals surface area contributed by atoms with Gasteiger partial charge >= 0.3 is 0 Å². The molecule has 0 radical (unpaired) electrons. The molecule has 0 aliphatic rings. The van der Waals surface area contributed by atoms with Crippen molar-refractivity contribution in [2.75, 3.05) is 0 Å². The minimum Gasteiger partial charge on any atom is -0.327 e. The van der Waals surface area contributed by atoms with Gasteiger partial charge in [-0.25, -0.2) is 0 Å². The van der Waals surface area contributed by atoms with E-state index in [9.17, 15) is 0 Å². The van der Waals surface area contributed by atoms with Gasteiger partial charge in [-0.3, -0.25) is 0 Å². The number of unbranched alkanes of at least 4 members (excludes halogenated alkanes) is 1. The highest BCUT2D eigenvalue weighted by Crippen LogP contribution is 2.13. The van der Waals surface area contributed by atoms with E-state index in [1.54, 1.807) is 0 Å². The fraction of sp³-hybridized carbons (Fsp3) is 0.583. The maximum Gasteiger partial charge on any atom is 0.0908 e. The van der Waals surface area contributed by atoms with E-state index in [0.717, 1.165) is 25.7 Å². The summed E-state index contributed by atoms with van der Waals surface area (Å²) >= 11 is 0. The van der Waals surface area contributed by atoms with E-state index in [0.29, 0.717) is 5.92 Å². The molecule has 0 aromatic rings. The molecule has 2 heteroatoms. The molecule has 0 saturated heterocycles. The summed E-state index contributed by atoms with van der Waals surface area (Å²) < 4.78 is 0. The lowest BCUT2D eigenvalue weighted by Crippen LogP contribution is -2.28. The van der Waals surface area contributed by atoms with Crippen molar-refractivity contribution in [3.63, 3.8) is 0 Å². The lowest BCUT2D eigenvalue weighted by molar-refractivity contribution is 0.451. The molecule has 0 heterocycles. The van der Waals surface area contributed by atoms with Crippen LogP contribution < -0.4 is 5.73 Å². The summed E-state index contributed by atoms with van der Waals surface area (Å²) in [5.74, 6) is 0.426. The Kier molecular flexibility index (Phi) is 7.87. The van der Waals surface area contributed by atoms with Gasteiger partial charge in [0.05, 0.1) is 6.07 Å². The summed E-state index contributed by atoms with van der Waals surface area (Å²) in [6, 6.07) is 2.19. The van der Waals surface area contributed by atoms with Gasteiger partial charge in [0.2, 0.25) is 0 Å². The molecule has 78 valence electrons. The normalized spacial score (nSPS) is 14.9. The van der Waals surface area contributed by atoms with E-state index in [-0.39, 0.29) is 6.04 Å². The summed E-state index contributed by atoms with van der Waals surface area (Å²) in [5, 5.41) is 8.26. The lowest BCUT2D eigenvalue weighted by Gasteiger charge is -2.18. The Morgan fingerprint density at radius 3 is 2.79 bits per heavy atom. The third kappa shape index (κ3) is 5.55. The molecule has 14 heavy (non-hydrogen) atoms. The second kappa shape index (κ2) is 8.52. The van der Waals surface area contributed by atoms with Gasteiger partial charge in [0, 0.05) is 12.1 Å². The van der Waals surface area contributed by atoms with Gasteiger partial charge in [-0.1, -0.05) is 19.1 Å². The van der Waals surface area contributed by atoms with Gasteiger partial charge in [-0.2, -0.15) is 5.26 Å². The van der Waals surface area contributed by atoms with Crippen LogP contribution in [0.2, 0.25) is 0 Å². The molecule has 0 saturated carbocycles. The van der Waals surface area contributed by atoms with Crippen molar-refractivity contribution in [1.82, 2.24) is 0 Å². The highest BCUT2D eigenvalue weighted by atomic mass is 14.6. The second-order valence-corrected chi connectivity index (χ2v) is 3.43. The van der Waals surface area contributed by atoms with Gasteiger partial charge in [0.1, 0.15) is 0 Å². The Balaban J connectivity index is 3.63. The van der Waals surface area contributed by atoms with Crippen molar-refractivity contribution in [3.8, 4) is 6.07 Å². The van der Waals surface area contributed by atoms with Gasteiger partial charge in [-0.15, -0.1) is 6.58 Å². The van der Waals surface area contributed by atoms with Crippen molar-refractivity contribution in [2.24, 2.45) is 11.7 Å². The fourth-order valence-electron chi connectivity index (χ4n) is 1.47. The molecule has 0 aromatic carbocycles. The number of nitriles is 1. The minimum atomic E-state index is 0.216. The number of hydrogen-bond acceptors (Lipinski definition) is 2. The SMILES string of the molecule is C=CC(CC)C(N)CCC/C=C/C#N. The maximum absolute atomic E-state index is 8.26. The molecule has 0 aliphatic heterocycles. The number of rotatable bonds is 7. The van der Waals surface area contributed by atoms with Crippen LogP contribution in [0.4, 0.5) is 0 Å². The molecule has 0 aliphatic carbocycles. The van der Waals surface area contributed by atoms with Gasteiger partial charge in [-0.05, 0) is 31.6 Å². The molecule has 2 unspecified atom stereocenters. The van der Waals surface area contributed by atoms with Crippen molar-refractivity contribution in [1.29, 1.82) is 5.26 Å².